The Bertz CT molecular complexity index is 1340. The number of para-hydroxylation sites is 1. The van der Waals surface area contributed by atoms with Crippen molar-refractivity contribution in [2.24, 2.45) is 0 Å². The fourth-order valence-electron chi connectivity index (χ4n) is 5.25. The molecule has 0 bridgehead atoms. The molecule has 208 valence electrons. The average molecular weight is 543 g/mol. The number of rotatable bonds is 9. The lowest BCUT2D eigenvalue weighted by Gasteiger charge is -2.43. The molecule has 0 aliphatic carbocycles. The third-order valence-electron chi connectivity index (χ3n) is 7.29. The highest BCUT2D eigenvalue weighted by Crippen LogP contribution is 2.36. The van der Waals surface area contributed by atoms with Crippen LogP contribution >= 0.6 is 0 Å². The summed E-state index contributed by atoms with van der Waals surface area (Å²) in [5.41, 5.74) is 1.25. The molecule has 3 heterocycles. The van der Waals surface area contributed by atoms with Crippen molar-refractivity contribution >= 4 is 35.0 Å². The highest BCUT2D eigenvalue weighted by Gasteiger charge is 2.50. The number of anilines is 3. The fraction of sp³-hybridized carbons (Fsp3) is 0.345. The summed E-state index contributed by atoms with van der Waals surface area (Å²) >= 11 is 0. The molecule has 0 saturated carbocycles. The maximum absolute atomic E-state index is 13.1. The predicted molar refractivity (Wildman–Crippen MR) is 154 cm³/mol. The number of nitrogens with zero attached hydrogens (tertiary/aromatic N) is 4. The molecule has 5 rings (SSSR count). The molecular weight excluding hydrogens is 508 g/mol. The van der Waals surface area contributed by atoms with Gasteiger partial charge in [0, 0.05) is 50.4 Å². The first-order valence-corrected chi connectivity index (χ1v) is 13.5. The molecule has 4 N–H and O–H groups in total. The van der Waals surface area contributed by atoms with E-state index in [2.05, 4.69) is 41.0 Å². The molecule has 2 aromatic carbocycles. The predicted octanol–water partition coefficient (Wildman–Crippen LogP) is 2.06. The van der Waals surface area contributed by atoms with E-state index < -0.39 is 5.54 Å². The van der Waals surface area contributed by atoms with Gasteiger partial charge in [-0.15, -0.1) is 0 Å². The van der Waals surface area contributed by atoms with E-state index >= 15 is 0 Å². The summed E-state index contributed by atoms with van der Waals surface area (Å²) in [5, 5.41) is 11.9. The molecule has 2 fully saturated rings. The molecule has 40 heavy (non-hydrogen) atoms. The molecule has 2 saturated heterocycles. The maximum atomic E-state index is 13.1. The lowest BCUT2D eigenvalue weighted by molar-refractivity contribution is -0.125. The number of aromatic nitrogens is 2. The van der Waals surface area contributed by atoms with E-state index in [0.29, 0.717) is 63.1 Å². The van der Waals surface area contributed by atoms with Crippen molar-refractivity contribution in [2.45, 2.75) is 25.3 Å². The number of piperidine rings is 1. The SMILES string of the molecule is CC(=O)NCCNc1cc(NC(=O)CN2CCC3(CC2)C(=O)NCN3c2ccccc2)nc(-c2ccccc2)n1. The summed E-state index contributed by atoms with van der Waals surface area (Å²) in [4.78, 5) is 50.5. The fourth-order valence-corrected chi connectivity index (χ4v) is 5.25. The minimum Gasteiger partial charge on any atom is -0.368 e. The van der Waals surface area contributed by atoms with Crippen LogP contribution in [0, 0.1) is 0 Å². The molecule has 0 atom stereocenters. The van der Waals surface area contributed by atoms with Crippen molar-refractivity contribution in [3.05, 3.63) is 66.7 Å². The lowest BCUT2D eigenvalue weighted by Crippen LogP contribution is -2.57. The Morgan fingerprint density at radius 1 is 0.950 bits per heavy atom. The van der Waals surface area contributed by atoms with E-state index in [1.54, 1.807) is 6.07 Å². The molecule has 0 radical (unpaired) electrons. The van der Waals surface area contributed by atoms with Gasteiger partial charge in [0.2, 0.25) is 17.7 Å². The molecule has 11 nitrogen and oxygen atoms in total. The third kappa shape index (κ3) is 6.20. The van der Waals surface area contributed by atoms with Gasteiger partial charge >= 0.3 is 0 Å². The Hall–Kier alpha value is -4.51. The van der Waals surface area contributed by atoms with Gasteiger partial charge in [-0.3, -0.25) is 19.3 Å². The Labute approximate surface area is 233 Å². The third-order valence-corrected chi connectivity index (χ3v) is 7.29. The van der Waals surface area contributed by atoms with E-state index in [4.69, 9.17) is 0 Å². The Morgan fingerprint density at radius 2 is 1.62 bits per heavy atom. The summed E-state index contributed by atoms with van der Waals surface area (Å²) in [6, 6.07) is 21.2. The zero-order valence-corrected chi connectivity index (χ0v) is 22.5. The molecule has 2 aliphatic heterocycles. The molecule has 0 unspecified atom stereocenters. The molecule has 2 aliphatic rings. The van der Waals surface area contributed by atoms with Crippen molar-refractivity contribution in [1.82, 2.24) is 25.5 Å². The molecule has 11 heteroatoms. The van der Waals surface area contributed by atoms with Crippen LogP contribution < -0.4 is 26.2 Å². The van der Waals surface area contributed by atoms with Gasteiger partial charge in [-0.2, -0.15) is 0 Å². The largest absolute Gasteiger partial charge is 0.368 e. The Kier molecular flexibility index (Phi) is 8.20. The quantitative estimate of drug-likeness (QED) is 0.302. The van der Waals surface area contributed by atoms with Crippen molar-refractivity contribution in [1.29, 1.82) is 0 Å². The van der Waals surface area contributed by atoms with Crippen molar-refractivity contribution < 1.29 is 14.4 Å². The maximum Gasteiger partial charge on any atom is 0.247 e. The molecule has 1 spiro atoms. The van der Waals surface area contributed by atoms with E-state index in [-0.39, 0.29) is 24.3 Å². The van der Waals surface area contributed by atoms with Crippen LogP contribution in [0.4, 0.5) is 17.3 Å². The van der Waals surface area contributed by atoms with Gasteiger partial charge < -0.3 is 26.2 Å². The van der Waals surface area contributed by atoms with Gasteiger partial charge in [0.1, 0.15) is 17.2 Å². The van der Waals surface area contributed by atoms with Gasteiger partial charge in [0.05, 0.1) is 13.2 Å². The van der Waals surface area contributed by atoms with Gasteiger partial charge in [-0.1, -0.05) is 48.5 Å². The van der Waals surface area contributed by atoms with Crippen molar-refractivity contribution in [2.75, 3.05) is 54.9 Å². The number of likely N-dealkylation sites (tertiary alicyclic amines) is 1. The highest BCUT2D eigenvalue weighted by molar-refractivity contribution is 5.94. The number of amides is 3. The second kappa shape index (κ2) is 12.1. The Balaban J connectivity index is 1.23. The summed E-state index contributed by atoms with van der Waals surface area (Å²) in [6.07, 6.45) is 1.27. The van der Waals surface area contributed by atoms with E-state index in [1.165, 1.54) is 6.92 Å². The van der Waals surface area contributed by atoms with Crippen LogP contribution in [-0.2, 0) is 14.4 Å². The van der Waals surface area contributed by atoms with Crippen LogP contribution in [0.1, 0.15) is 19.8 Å². The Morgan fingerprint density at radius 3 is 2.33 bits per heavy atom. The average Bonchev–Trinajstić information content (AvgIpc) is 3.28. The van der Waals surface area contributed by atoms with Crippen LogP contribution in [0.25, 0.3) is 11.4 Å². The summed E-state index contributed by atoms with van der Waals surface area (Å²) in [5.74, 6) is 1.17. The van der Waals surface area contributed by atoms with E-state index in [0.717, 1.165) is 11.3 Å². The van der Waals surface area contributed by atoms with Crippen LogP contribution in [0.3, 0.4) is 0 Å². The highest BCUT2D eigenvalue weighted by atomic mass is 16.2. The smallest absolute Gasteiger partial charge is 0.247 e. The zero-order valence-electron chi connectivity index (χ0n) is 22.5. The van der Waals surface area contributed by atoms with Crippen LogP contribution in [0.2, 0.25) is 0 Å². The van der Waals surface area contributed by atoms with Crippen molar-refractivity contribution in [3.63, 3.8) is 0 Å². The molecule has 1 aromatic heterocycles. The summed E-state index contributed by atoms with van der Waals surface area (Å²) in [7, 11) is 0. The zero-order chi connectivity index (χ0) is 28.0. The van der Waals surface area contributed by atoms with Crippen LogP contribution in [-0.4, -0.2) is 77.5 Å². The first-order valence-electron chi connectivity index (χ1n) is 13.5. The first-order chi connectivity index (χ1) is 19.4. The molecule has 3 amide bonds. The number of hydrogen-bond acceptors (Lipinski definition) is 8. The van der Waals surface area contributed by atoms with Gasteiger partial charge in [-0.05, 0) is 25.0 Å². The summed E-state index contributed by atoms with van der Waals surface area (Å²) in [6.45, 7) is 4.31. The molecular formula is C29H34N8O3. The molecule has 3 aromatic rings. The number of carbonyl (C=O) groups excluding carboxylic acids is 3. The van der Waals surface area contributed by atoms with Gasteiger partial charge in [0.15, 0.2) is 5.82 Å². The number of benzene rings is 2. The normalized spacial score (nSPS) is 16.4. The number of hydrogen-bond donors (Lipinski definition) is 4. The minimum absolute atomic E-state index is 0.0495. The van der Waals surface area contributed by atoms with Gasteiger partial charge in [-0.25, -0.2) is 9.97 Å². The first kappa shape index (κ1) is 27.1. The standard InChI is InChI=1S/C29H34N8O3/c1-21(38)30-14-15-31-24-18-25(35-27(34-24)22-8-4-2-5-9-22)33-26(39)19-36-16-12-29(13-17-36)28(40)32-20-37(29)23-10-6-3-7-11-23/h2-11,18H,12-17,19-20H2,1H3,(H,30,38)(H,32,40)(H2,31,33,34,35,39). The monoisotopic (exact) mass is 542 g/mol. The minimum atomic E-state index is -0.594. The summed E-state index contributed by atoms with van der Waals surface area (Å²) < 4.78 is 0. The second-order valence-corrected chi connectivity index (χ2v) is 10.0. The van der Waals surface area contributed by atoms with Crippen LogP contribution in [0.15, 0.2) is 66.7 Å². The van der Waals surface area contributed by atoms with E-state index in [9.17, 15) is 14.4 Å². The number of nitrogens with one attached hydrogen (secondary N) is 4. The topological polar surface area (TPSA) is 132 Å². The van der Waals surface area contributed by atoms with E-state index in [1.807, 2.05) is 60.7 Å². The van der Waals surface area contributed by atoms with Crippen molar-refractivity contribution in [3.8, 4) is 11.4 Å². The number of carbonyl (C=O) groups is 3. The lowest BCUT2D eigenvalue weighted by atomic mass is 9.85. The van der Waals surface area contributed by atoms with Gasteiger partial charge in [0.25, 0.3) is 0 Å². The van der Waals surface area contributed by atoms with Crippen LogP contribution in [0.5, 0.6) is 0 Å². The second-order valence-electron chi connectivity index (χ2n) is 10.0.